The largest absolute Gasteiger partial charge is 0.384 e. The third-order valence-corrected chi connectivity index (χ3v) is 0.575. The molecule has 2 nitrogen and oxygen atoms in total. The van der Waals surface area contributed by atoms with Gasteiger partial charge in [0.05, 0.1) is 5.88 Å². The summed E-state index contributed by atoms with van der Waals surface area (Å²) < 4.78 is 0. The summed E-state index contributed by atoms with van der Waals surface area (Å²) in [6.07, 6.45) is 0.183. The van der Waals surface area contributed by atoms with Gasteiger partial charge in [-0.05, 0) is 0 Å². The molecule has 0 bridgehead atoms. The minimum atomic E-state index is -1.10. The fourth-order valence-corrected chi connectivity index (χ4v) is 0.0945. The van der Waals surface area contributed by atoms with Crippen molar-refractivity contribution in [1.29, 1.82) is 0 Å². The standard InChI is InChI=1S/C3H4ClO2/c4-1-3(6)2-5/h3,6H,1H2. The van der Waals surface area contributed by atoms with Crippen LogP contribution >= 0.6 is 11.6 Å². The van der Waals surface area contributed by atoms with E-state index in [0.717, 1.165) is 0 Å². The van der Waals surface area contributed by atoms with Gasteiger partial charge in [0.2, 0.25) is 6.29 Å². The molecule has 1 radical (unpaired) electrons. The number of aliphatic hydroxyl groups is 1. The zero-order valence-electron chi connectivity index (χ0n) is 3.02. The minimum absolute atomic E-state index is 0.0660. The molecule has 0 aliphatic rings. The minimum Gasteiger partial charge on any atom is -0.384 e. The fourth-order valence-electron chi connectivity index (χ4n) is 0.0315. The first-order valence-electron chi connectivity index (χ1n) is 1.43. The Kier molecular flexibility index (Phi) is 3.08. The maximum absolute atomic E-state index is 9.28. The summed E-state index contributed by atoms with van der Waals surface area (Å²) in [6.45, 7) is 0. The third-order valence-electron chi connectivity index (χ3n) is 0.282. The van der Waals surface area contributed by atoms with E-state index in [1.165, 1.54) is 6.29 Å². The van der Waals surface area contributed by atoms with E-state index in [0.29, 0.717) is 0 Å². The van der Waals surface area contributed by atoms with Gasteiger partial charge in [0.25, 0.3) is 0 Å². The number of alkyl halides is 1. The lowest BCUT2D eigenvalue weighted by atomic mass is 10.5. The summed E-state index contributed by atoms with van der Waals surface area (Å²) >= 11 is 4.94. The lowest BCUT2D eigenvalue weighted by Crippen LogP contribution is -2.07. The van der Waals surface area contributed by atoms with Gasteiger partial charge in [-0.2, -0.15) is 0 Å². The van der Waals surface area contributed by atoms with Crippen LogP contribution in [0, 0.1) is 0 Å². The maximum atomic E-state index is 9.28. The Morgan fingerprint density at radius 3 is 2.50 bits per heavy atom. The topological polar surface area (TPSA) is 37.3 Å². The van der Waals surface area contributed by atoms with Crippen LogP contribution in [-0.2, 0) is 4.79 Å². The smallest absolute Gasteiger partial charge is 0.230 e. The summed E-state index contributed by atoms with van der Waals surface area (Å²) in [5.74, 6) is -0.0660. The fraction of sp³-hybridized carbons (Fsp3) is 0.667. The van der Waals surface area contributed by atoms with Crippen molar-refractivity contribution in [2.24, 2.45) is 0 Å². The second-order valence-corrected chi connectivity index (χ2v) is 1.10. The zero-order valence-corrected chi connectivity index (χ0v) is 3.77. The summed E-state index contributed by atoms with van der Waals surface area (Å²) in [5.41, 5.74) is 0. The predicted molar refractivity (Wildman–Crippen MR) is 22.4 cm³/mol. The van der Waals surface area contributed by atoms with Crippen molar-refractivity contribution in [2.75, 3.05) is 5.88 Å². The summed E-state index contributed by atoms with van der Waals surface area (Å²) in [4.78, 5) is 9.28. The second-order valence-electron chi connectivity index (χ2n) is 0.788. The molecule has 0 fully saturated rings. The van der Waals surface area contributed by atoms with Crippen molar-refractivity contribution in [2.45, 2.75) is 6.10 Å². The van der Waals surface area contributed by atoms with Crippen LogP contribution in [0.1, 0.15) is 0 Å². The highest BCUT2D eigenvalue weighted by molar-refractivity contribution is 6.19. The van der Waals surface area contributed by atoms with E-state index in [-0.39, 0.29) is 5.88 Å². The number of rotatable bonds is 2. The van der Waals surface area contributed by atoms with Gasteiger partial charge in [-0.1, -0.05) is 0 Å². The SMILES string of the molecule is O=[C]C(O)CCl. The van der Waals surface area contributed by atoms with E-state index in [1.54, 1.807) is 0 Å². The maximum Gasteiger partial charge on any atom is 0.230 e. The van der Waals surface area contributed by atoms with E-state index < -0.39 is 6.10 Å². The number of hydrogen-bond donors (Lipinski definition) is 1. The number of carbonyl (C=O) groups excluding carboxylic acids is 1. The molecule has 1 unspecified atom stereocenters. The Morgan fingerprint density at radius 1 is 2.00 bits per heavy atom. The Labute approximate surface area is 40.7 Å². The van der Waals surface area contributed by atoms with Crippen LogP contribution in [0.5, 0.6) is 0 Å². The molecule has 3 heteroatoms. The molecule has 0 rings (SSSR count). The molecule has 0 saturated heterocycles. The van der Waals surface area contributed by atoms with Gasteiger partial charge in [0.15, 0.2) is 0 Å². The lowest BCUT2D eigenvalue weighted by molar-refractivity contribution is 0.257. The highest BCUT2D eigenvalue weighted by Gasteiger charge is 1.95. The average Bonchev–Trinajstić information content (AvgIpc) is 1.65. The molecule has 35 valence electrons. The molecular weight excluding hydrogens is 103 g/mol. The van der Waals surface area contributed by atoms with E-state index in [9.17, 15) is 4.79 Å². The Bertz CT molecular complexity index is 46.1. The van der Waals surface area contributed by atoms with Crippen LogP contribution in [-0.4, -0.2) is 23.4 Å². The number of hydrogen-bond acceptors (Lipinski definition) is 2. The van der Waals surface area contributed by atoms with Crippen molar-refractivity contribution >= 4 is 17.9 Å². The molecule has 0 saturated carbocycles. The predicted octanol–water partition coefficient (Wildman–Crippen LogP) is -0.304. The van der Waals surface area contributed by atoms with Gasteiger partial charge in [-0.15, -0.1) is 11.6 Å². The highest BCUT2D eigenvalue weighted by Crippen LogP contribution is 1.78. The van der Waals surface area contributed by atoms with Crippen LogP contribution in [0.3, 0.4) is 0 Å². The highest BCUT2D eigenvalue weighted by atomic mass is 35.5. The van der Waals surface area contributed by atoms with Gasteiger partial charge in [0.1, 0.15) is 6.10 Å². The molecule has 0 aliphatic heterocycles. The Hall–Kier alpha value is -0.0800. The molecule has 6 heavy (non-hydrogen) atoms. The molecule has 0 aliphatic carbocycles. The number of aliphatic hydroxyl groups excluding tert-OH is 1. The first-order valence-corrected chi connectivity index (χ1v) is 1.96. The second kappa shape index (κ2) is 3.12. The molecular formula is C3H4ClO2. The molecule has 0 aromatic rings. The first-order chi connectivity index (χ1) is 2.81. The van der Waals surface area contributed by atoms with Crippen molar-refractivity contribution in [3.63, 3.8) is 0 Å². The Morgan fingerprint density at radius 2 is 2.50 bits per heavy atom. The quantitative estimate of drug-likeness (QED) is 0.492. The van der Waals surface area contributed by atoms with Crippen LogP contribution in [0.2, 0.25) is 0 Å². The van der Waals surface area contributed by atoms with Crippen LogP contribution in [0.25, 0.3) is 0 Å². The lowest BCUT2D eigenvalue weighted by Gasteiger charge is -1.86. The Balaban J connectivity index is 2.96. The van der Waals surface area contributed by atoms with Crippen molar-refractivity contribution < 1.29 is 9.90 Å². The van der Waals surface area contributed by atoms with Crippen LogP contribution in [0.15, 0.2) is 0 Å². The molecule has 0 amide bonds. The van der Waals surface area contributed by atoms with E-state index >= 15 is 0 Å². The average molecular weight is 108 g/mol. The van der Waals surface area contributed by atoms with Crippen LogP contribution in [0.4, 0.5) is 0 Å². The molecule has 0 aromatic heterocycles. The summed E-state index contributed by atoms with van der Waals surface area (Å²) in [5, 5.41) is 8.11. The van der Waals surface area contributed by atoms with Crippen molar-refractivity contribution in [3.05, 3.63) is 0 Å². The summed E-state index contributed by atoms with van der Waals surface area (Å²) in [6, 6.07) is 0. The van der Waals surface area contributed by atoms with E-state index in [2.05, 4.69) is 0 Å². The summed E-state index contributed by atoms with van der Waals surface area (Å²) in [7, 11) is 0. The van der Waals surface area contributed by atoms with Gasteiger partial charge in [-0.3, -0.25) is 4.79 Å². The van der Waals surface area contributed by atoms with E-state index in [1.807, 2.05) is 0 Å². The normalized spacial score (nSPS) is 13.7. The number of halogens is 1. The first kappa shape index (κ1) is 5.92. The van der Waals surface area contributed by atoms with Gasteiger partial charge in [-0.25, -0.2) is 0 Å². The van der Waals surface area contributed by atoms with Crippen molar-refractivity contribution in [3.8, 4) is 0 Å². The van der Waals surface area contributed by atoms with E-state index in [4.69, 9.17) is 16.7 Å². The molecule has 0 spiro atoms. The van der Waals surface area contributed by atoms with Gasteiger partial charge in [0, 0.05) is 0 Å². The molecule has 0 heterocycles. The van der Waals surface area contributed by atoms with Crippen LogP contribution < -0.4 is 0 Å². The molecule has 1 N–H and O–H groups in total. The molecule has 0 aromatic carbocycles. The monoisotopic (exact) mass is 107 g/mol. The zero-order chi connectivity index (χ0) is 4.99. The van der Waals surface area contributed by atoms with Gasteiger partial charge >= 0.3 is 0 Å². The van der Waals surface area contributed by atoms with Crippen molar-refractivity contribution in [1.82, 2.24) is 0 Å². The third kappa shape index (κ3) is 2.18. The molecule has 1 atom stereocenters. The van der Waals surface area contributed by atoms with Gasteiger partial charge < -0.3 is 5.11 Å².